The van der Waals surface area contributed by atoms with Gasteiger partial charge in [0.1, 0.15) is 6.61 Å². The molecule has 0 aliphatic carbocycles. The number of carboxylic acid groups (broad SMARTS) is 1. The third-order valence-corrected chi connectivity index (χ3v) is 3.89. The van der Waals surface area contributed by atoms with Crippen molar-refractivity contribution >= 4 is 5.97 Å². The fourth-order valence-corrected chi connectivity index (χ4v) is 3.05. The molecule has 4 nitrogen and oxygen atoms in total. The lowest BCUT2D eigenvalue weighted by Crippen LogP contribution is -2.43. The number of aliphatic carboxylic acids is 1. The highest BCUT2D eigenvalue weighted by Crippen LogP contribution is 2.22. The van der Waals surface area contributed by atoms with Crippen LogP contribution in [0.5, 0.6) is 0 Å². The predicted molar refractivity (Wildman–Crippen MR) is 76.4 cm³/mol. The first-order valence-electron chi connectivity index (χ1n) is 7.70. The molecule has 1 atom stereocenters. The van der Waals surface area contributed by atoms with Crippen molar-refractivity contribution in [3.05, 3.63) is 0 Å². The number of piperidine rings is 1. The van der Waals surface area contributed by atoms with Gasteiger partial charge in [-0.3, -0.25) is 0 Å². The SMILES string of the molecule is CCCC(CCC)N1CCC[C@@H](COCC(=O)O)C1. The number of hydrogen-bond acceptors (Lipinski definition) is 3. The first-order valence-corrected chi connectivity index (χ1v) is 7.70. The molecule has 1 aliphatic heterocycles. The van der Waals surface area contributed by atoms with Crippen molar-refractivity contribution in [2.24, 2.45) is 5.92 Å². The van der Waals surface area contributed by atoms with Gasteiger partial charge in [0.25, 0.3) is 0 Å². The molecule has 0 unspecified atom stereocenters. The van der Waals surface area contributed by atoms with Crippen LogP contribution in [0.2, 0.25) is 0 Å². The second kappa shape index (κ2) is 9.32. The summed E-state index contributed by atoms with van der Waals surface area (Å²) in [5, 5.41) is 8.59. The third-order valence-electron chi connectivity index (χ3n) is 3.89. The molecule has 0 aromatic carbocycles. The van der Waals surface area contributed by atoms with E-state index in [1.165, 1.54) is 45.1 Å². The molecule has 0 aromatic heterocycles. The molecule has 0 bridgehead atoms. The van der Waals surface area contributed by atoms with E-state index in [1.54, 1.807) is 0 Å². The number of nitrogens with zero attached hydrogens (tertiary/aromatic N) is 1. The van der Waals surface area contributed by atoms with Gasteiger partial charge < -0.3 is 14.7 Å². The molecular weight excluding hydrogens is 242 g/mol. The fraction of sp³-hybridized carbons (Fsp3) is 0.933. The van der Waals surface area contributed by atoms with Crippen molar-refractivity contribution in [1.29, 1.82) is 0 Å². The van der Waals surface area contributed by atoms with E-state index in [-0.39, 0.29) is 6.61 Å². The van der Waals surface area contributed by atoms with Gasteiger partial charge in [0.05, 0.1) is 6.61 Å². The summed E-state index contributed by atoms with van der Waals surface area (Å²) in [5.74, 6) is -0.369. The van der Waals surface area contributed by atoms with Gasteiger partial charge in [-0.25, -0.2) is 4.79 Å². The quantitative estimate of drug-likeness (QED) is 0.700. The largest absolute Gasteiger partial charge is 0.480 e. The van der Waals surface area contributed by atoms with Crippen molar-refractivity contribution in [2.75, 3.05) is 26.3 Å². The molecule has 112 valence electrons. The summed E-state index contributed by atoms with van der Waals surface area (Å²) in [6.45, 7) is 7.20. The zero-order valence-corrected chi connectivity index (χ0v) is 12.4. The Kier molecular flexibility index (Phi) is 8.07. The summed E-state index contributed by atoms with van der Waals surface area (Å²) in [6.07, 6.45) is 7.40. The first-order chi connectivity index (χ1) is 9.17. The lowest BCUT2D eigenvalue weighted by molar-refractivity contribution is -0.142. The number of carbonyl (C=O) groups is 1. The summed E-state index contributed by atoms with van der Waals surface area (Å²) in [7, 11) is 0. The summed E-state index contributed by atoms with van der Waals surface area (Å²) < 4.78 is 5.26. The van der Waals surface area contributed by atoms with Gasteiger partial charge in [-0.1, -0.05) is 26.7 Å². The molecule has 1 N–H and O–H groups in total. The fourth-order valence-electron chi connectivity index (χ4n) is 3.05. The van der Waals surface area contributed by atoms with Gasteiger partial charge in [0, 0.05) is 12.6 Å². The molecule has 0 saturated carbocycles. The van der Waals surface area contributed by atoms with E-state index in [0.717, 1.165) is 6.54 Å². The van der Waals surface area contributed by atoms with Crippen molar-refractivity contribution in [3.8, 4) is 0 Å². The second-order valence-electron chi connectivity index (χ2n) is 5.64. The molecular formula is C15H29NO3. The predicted octanol–water partition coefficient (Wildman–Crippen LogP) is 2.77. The lowest BCUT2D eigenvalue weighted by atomic mass is 9.95. The minimum Gasteiger partial charge on any atom is -0.480 e. The molecule has 0 radical (unpaired) electrons. The lowest BCUT2D eigenvalue weighted by Gasteiger charge is -2.38. The third kappa shape index (κ3) is 6.39. The summed E-state index contributed by atoms with van der Waals surface area (Å²) in [6, 6.07) is 0.706. The molecule has 1 rings (SSSR count). The van der Waals surface area contributed by atoms with Crippen LogP contribution in [0.3, 0.4) is 0 Å². The van der Waals surface area contributed by atoms with Crippen LogP contribution in [0, 0.1) is 5.92 Å². The van der Waals surface area contributed by atoms with Crippen LogP contribution in [-0.4, -0.2) is 48.3 Å². The van der Waals surface area contributed by atoms with Crippen LogP contribution in [0.1, 0.15) is 52.4 Å². The Hall–Kier alpha value is -0.610. The molecule has 1 heterocycles. The summed E-state index contributed by atoms with van der Waals surface area (Å²) in [4.78, 5) is 13.1. The van der Waals surface area contributed by atoms with Crippen LogP contribution in [0.15, 0.2) is 0 Å². The molecule has 0 aromatic rings. The average molecular weight is 271 g/mol. The summed E-state index contributed by atoms with van der Waals surface area (Å²) >= 11 is 0. The van der Waals surface area contributed by atoms with E-state index in [1.807, 2.05) is 0 Å². The van der Waals surface area contributed by atoms with Crippen LogP contribution < -0.4 is 0 Å². The Labute approximate surface area is 117 Å². The summed E-state index contributed by atoms with van der Waals surface area (Å²) in [5.41, 5.74) is 0. The molecule has 19 heavy (non-hydrogen) atoms. The highest BCUT2D eigenvalue weighted by atomic mass is 16.5. The van der Waals surface area contributed by atoms with Crippen LogP contribution in [0.4, 0.5) is 0 Å². The number of ether oxygens (including phenoxy) is 1. The van der Waals surface area contributed by atoms with Gasteiger partial charge in [0.15, 0.2) is 0 Å². The molecule has 1 saturated heterocycles. The van der Waals surface area contributed by atoms with E-state index in [4.69, 9.17) is 9.84 Å². The van der Waals surface area contributed by atoms with Gasteiger partial charge in [-0.05, 0) is 38.1 Å². The molecule has 1 aliphatic rings. The minimum absolute atomic E-state index is 0.163. The minimum atomic E-state index is -0.873. The van der Waals surface area contributed by atoms with Crippen molar-refractivity contribution < 1.29 is 14.6 Å². The monoisotopic (exact) mass is 271 g/mol. The van der Waals surface area contributed by atoms with Crippen LogP contribution >= 0.6 is 0 Å². The van der Waals surface area contributed by atoms with Crippen molar-refractivity contribution in [1.82, 2.24) is 4.90 Å². The van der Waals surface area contributed by atoms with Gasteiger partial charge in [0.2, 0.25) is 0 Å². The highest BCUT2D eigenvalue weighted by molar-refractivity contribution is 5.67. The number of hydrogen-bond donors (Lipinski definition) is 1. The van der Waals surface area contributed by atoms with Gasteiger partial charge >= 0.3 is 5.97 Å². The Balaban J connectivity index is 2.36. The number of rotatable bonds is 9. The van der Waals surface area contributed by atoms with E-state index in [9.17, 15) is 4.79 Å². The molecule has 0 spiro atoms. The van der Waals surface area contributed by atoms with Crippen molar-refractivity contribution in [2.45, 2.75) is 58.4 Å². The Morgan fingerprint density at radius 2 is 2.05 bits per heavy atom. The molecule has 4 heteroatoms. The zero-order chi connectivity index (χ0) is 14.1. The maximum atomic E-state index is 10.4. The highest BCUT2D eigenvalue weighted by Gasteiger charge is 2.25. The van der Waals surface area contributed by atoms with E-state index < -0.39 is 5.97 Å². The van der Waals surface area contributed by atoms with Gasteiger partial charge in [-0.2, -0.15) is 0 Å². The molecule has 0 amide bonds. The number of likely N-dealkylation sites (tertiary alicyclic amines) is 1. The zero-order valence-electron chi connectivity index (χ0n) is 12.4. The van der Waals surface area contributed by atoms with Crippen LogP contribution in [-0.2, 0) is 9.53 Å². The van der Waals surface area contributed by atoms with E-state index >= 15 is 0 Å². The molecule has 1 fully saturated rings. The van der Waals surface area contributed by atoms with E-state index in [0.29, 0.717) is 18.6 Å². The normalized spacial score (nSPS) is 20.9. The van der Waals surface area contributed by atoms with Gasteiger partial charge in [-0.15, -0.1) is 0 Å². The standard InChI is InChI=1S/C15H29NO3/c1-3-6-14(7-4-2)16-9-5-8-13(10-16)11-19-12-15(17)18/h13-14H,3-12H2,1-2H3,(H,17,18)/t13-/m1/s1. The van der Waals surface area contributed by atoms with Crippen LogP contribution in [0.25, 0.3) is 0 Å². The topological polar surface area (TPSA) is 49.8 Å². The smallest absolute Gasteiger partial charge is 0.329 e. The first kappa shape index (κ1) is 16.4. The average Bonchev–Trinajstić information content (AvgIpc) is 2.38. The Bertz CT molecular complexity index is 252. The Morgan fingerprint density at radius 1 is 1.37 bits per heavy atom. The van der Waals surface area contributed by atoms with Crippen molar-refractivity contribution in [3.63, 3.8) is 0 Å². The second-order valence-corrected chi connectivity index (χ2v) is 5.64. The maximum Gasteiger partial charge on any atom is 0.329 e. The maximum absolute atomic E-state index is 10.4. The number of carboxylic acids is 1. The van der Waals surface area contributed by atoms with E-state index in [2.05, 4.69) is 18.7 Å². The Morgan fingerprint density at radius 3 is 2.63 bits per heavy atom.